The molecule has 0 N–H and O–H groups in total. The minimum absolute atomic E-state index is 0.0764. The van der Waals surface area contributed by atoms with Crippen LogP contribution in [0.2, 0.25) is 0 Å². The first-order valence-corrected chi connectivity index (χ1v) is 2.31. The van der Waals surface area contributed by atoms with Crippen molar-refractivity contribution in [3.63, 3.8) is 0 Å². The van der Waals surface area contributed by atoms with Crippen molar-refractivity contribution in [2.75, 3.05) is 0 Å². The maximum atomic E-state index is 10.2. The number of esters is 1. The van der Waals surface area contributed by atoms with Crippen LogP contribution in [0.5, 0.6) is 0 Å². The second-order valence-electron chi connectivity index (χ2n) is 1.65. The Hall–Kier alpha value is -0.530. The lowest BCUT2D eigenvalue weighted by Gasteiger charge is -1.95. The number of hydrogen-bond donors (Lipinski definition) is 0. The molecular formula is C5H7O2. The Morgan fingerprint density at radius 1 is 1.86 bits per heavy atom. The minimum atomic E-state index is -0.111. The summed E-state index contributed by atoms with van der Waals surface area (Å²) in [6.45, 7) is 3.54. The summed E-state index contributed by atoms with van der Waals surface area (Å²) in [7, 11) is 0. The molecule has 1 saturated heterocycles. The molecule has 1 radical (unpaired) electrons. The van der Waals surface area contributed by atoms with E-state index in [0.717, 1.165) is 6.42 Å². The third kappa shape index (κ3) is 0.918. The molecule has 0 amide bonds. The lowest BCUT2D eigenvalue weighted by molar-refractivity contribution is -0.140. The number of cyclic esters (lactones) is 1. The van der Waals surface area contributed by atoms with Crippen LogP contribution in [0.4, 0.5) is 0 Å². The van der Waals surface area contributed by atoms with E-state index < -0.39 is 0 Å². The molecule has 2 heteroatoms. The quantitative estimate of drug-likeness (QED) is 0.414. The van der Waals surface area contributed by atoms with Gasteiger partial charge in [-0.2, -0.15) is 0 Å². The highest BCUT2D eigenvalue weighted by Crippen LogP contribution is 2.10. The second-order valence-corrected chi connectivity index (χ2v) is 1.65. The number of hydrogen-bond acceptors (Lipinski definition) is 2. The van der Waals surface area contributed by atoms with Gasteiger partial charge in [-0.15, -0.1) is 0 Å². The number of rotatable bonds is 0. The van der Waals surface area contributed by atoms with Crippen molar-refractivity contribution >= 4 is 5.97 Å². The zero-order valence-electron chi connectivity index (χ0n) is 4.02. The van der Waals surface area contributed by atoms with E-state index in [4.69, 9.17) is 0 Å². The van der Waals surface area contributed by atoms with Gasteiger partial charge in [0.05, 0.1) is 0 Å². The Morgan fingerprint density at radius 2 is 2.57 bits per heavy atom. The van der Waals surface area contributed by atoms with Crippen molar-refractivity contribution in [2.45, 2.75) is 18.9 Å². The van der Waals surface area contributed by atoms with Crippen molar-refractivity contribution in [2.24, 2.45) is 0 Å². The fourth-order valence-corrected chi connectivity index (χ4v) is 0.583. The van der Waals surface area contributed by atoms with Gasteiger partial charge in [-0.05, 0) is 13.3 Å². The zero-order chi connectivity index (χ0) is 5.28. The highest BCUT2D eigenvalue weighted by molar-refractivity contribution is 5.71. The van der Waals surface area contributed by atoms with Gasteiger partial charge < -0.3 is 4.74 Å². The smallest absolute Gasteiger partial charge is 0.306 e. The summed E-state index contributed by atoms with van der Waals surface area (Å²) in [4.78, 5) is 10.2. The van der Waals surface area contributed by atoms with E-state index >= 15 is 0 Å². The molecule has 0 aromatic rings. The molecule has 2 nitrogen and oxygen atoms in total. The predicted molar refractivity (Wildman–Crippen MR) is 24.5 cm³/mol. The molecule has 0 aliphatic carbocycles. The van der Waals surface area contributed by atoms with E-state index in [9.17, 15) is 4.79 Å². The van der Waals surface area contributed by atoms with E-state index in [2.05, 4.69) is 11.7 Å². The van der Waals surface area contributed by atoms with E-state index in [0.29, 0.717) is 6.42 Å². The highest BCUT2D eigenvalue weighted by atomic mass is 16.5. The fourth-order valence-electron chi connectivity index (χ4n) is 0.583. The first kappa shape index (κ1) is 4.62. The monoisotopic (exact) mass is 99.0 g/mol. The van der Waals surface area contributed by atoms with Crippen LogP contribution in [0.1, 0.15) is 12.8 Å². The van der Waals surface area contributed by atoms with Gasteiger partial charge in [0, 0.05) is 6.42 Å². The summed E-state index contributed by atoms with van der Waals surface area (Å²) in [5, 5.41) is 0. The summed E-state index contributed by atoms with van der Waals surface area (Å²) in [5.74, 6) is -0.111. The van der Waals surface area contributed by atoms with E-state index in [1.807, 2.05) is 0 Å². The van der Waals surface area contributed by atoms with Crippen LogP contribution in [0.15, 0.2) is 0 Å². The Balaban J connectivity index is 2.40. The standard InChI is InChI=1S/C5H7O2/c1-4-2-3-5(6)7-4/h4H,1-3H2/t4-/m1/s1. The fraction of sp³-hybridized carbons (Fsp3) is 0.600. The van der Waals surface area contributed by atoms with Gasteiger partial charge in [-0.3, -0.25) is 4.79 Å². The third-order valence-corrected chi connectivity index (χ3v) is 0.969. The molecule has 1 atom stereocenters. The van der Waals surface area contributed by atoms with Crippen LogP contribution >= 0.6 is 0 Å². The molecule has 7 heavy (non-hydrogen) atoms. The molecule has 0 aromatic carbocycles. The van der Waals surface area contributed by atoms with Gasteiger partial charge in [0.25, 0.3) is 0 Å². The van der Waals surface area contributed by atoms with Crippen LogP contribution in [0, 0.1) is 6.92 Å². The predicted octanol–water partition coefficient (Wildman–Crippen LogP) is 0.526. The van der Waals surface area contributed by atoms with Gasteiger partial charge in [-0.1, -0.05) is 0 Å². The van der Waals surface area contributed by atoms with Crippen LogP contribution < -0.4 is 0 Å². The van der Waals surface area contributed by atoms with Crippen LogP contribution in [0.3, 0.4) is 0 Å². The molecule has 0 aromatic heterocycles. The lowest BCUT2D eigenvalue weighted by Crippen LogP contribution is -1.99. The first-order chi connectivity index (χ1) is 3.29. The van der Waals surface area contributed by atoms with E-state index in [1.165, 1.54) is 0 Å². The first-order valence-electron chi connectivity index (χ1n) is 2.31. The summed E-state index contributed by atoms with van der Waals surface area (Å²) in [6.07, 6.45) is 1.26. The Bertz CT molecular complexity index is 88.1. The van der Waals surface area contributed by atoms with Crippen molar-refractivity contribution in [3.05, 3.63) is 6.92 Å². The van der Waals surface area contributed by atoms with E-state index in [-0.39, 0.29) is 12.1 Å². The summed E-state index contributed by atoms with van der Waals surface area (Å²) in [6, 6.07) is 0. The average molecular weight is 99.1 g/mol. The van der Waals surface area contributed by atoms with E-state index in [1.54, 1.807) is 0 Å². The third-order valence-electron chi connectivity index (χ3n) is 0.969. The minimum Gasteiger partial charge on any atom is -0.462 e. The number of carbonyl (C=O) groups excluding carboxylic acids is 1. The van der Waals surface area contributed by atoms with Crippen molar-refractivity contribution in [3.8, 4) is 0 Å². The molecule has 1 heterocycles. The summed E-state index contributed by atoms with van der Waals surface area (Å²) < 4.78 is 4.61. The van der Waals surface area contributed by atoms with Gasteiger partial charge >= 0.3 is 5.97 Å². The molecule has 0 saturated carbocycles. The molecule has 1 aliphatic heterocycles. The SMILES string of the molecule is [CH2][C@@H]1CCC(=O)O1. The largest absolute Gasteiger partial charge is 0.462 e. The average Bonchev–Trinajstić information content (AvgIpc) is 1.87. The molecule has 1 rings (SSSR count). The molecule has 0 unspecified atom stereocenters. The normalized spacial score (nSPS) is 30.4. The molecular weight excluding hydrogens is 92.1 g/mol. The number of carbonyl (C=O) groups is 1. The van der Waals surface area contributed by atoms with Crippen LogP contribution in [0.25, 0.3) is 0 Å². The van der Waals surface area contributed by atoms with Crippen LogP contribution in [-0.2, 0) is 9.53 Å². The Morgan fingerprint density at radius 3 is 2.71 bits per heavy atom. The van der Waals surface area contributed by atoms with Crippen molar-refractivity contribution in [1.82, 2.24) is 0 Å². The molecule has 0 spiro atoms. The van der Waals surface area contributed by atoms with Crippen LogP contribution in [-0.4, -0.2) is 12.1 Å². The Kier molecular flexibility index (Phi) is 1.01. The van der Waals surface area contributed by atoms with Gasteiger partial charge in [0.2, 0.25) is 0 Å². The summed E-state index contributed by atoms with van der Waals surface area (Å²) in [5.41, 5.74) is 0. The molecule has 39 valence electrons. The molecule has 1 aliphatic rings. The summed E-state index contributed by atoms with van der Waals surface area (Å²) >= 11 is 0. The topological polar surface area (TPSA) is 26.3 Å². The molecule has 0 bridgehead atoms. The molecule has 1 fully saturated rings. The lowest BCUT2D eigenvalue weighted by atomic mass is 10.3. The van der Waals surface area contributed by atoms with Gasteiger partial charge in [0.1, 0.15) is 6.10 Å². The van der Waals surface area contributed by atoms with Gasteiger partial charge in [-0.25, -0.2) is 0 Å². The second kappa shape index (κ2) is 1.52. The zero-order valence-corrected chi connectivity index (χ0v) is 4.02. The highest BCUT2D eigenvalue weighted by Gasteiger charge is 2.17. The maximum absolute atomic E-state index is 10.2. The van der Waals surface area contributed by atoms with Crippen molar-refractivity contribution in [1.29, 1.82) is 0 Å². The Labute approximate surface area is 42.5 Å². The van der Waals surface area contributed by atoms with Gasteiger partial charge in [0.15, 0.2) is 0 Å². The number of ether oxygens (including phenoxy) is 1. The maximum Gasteiger partial charge on any atom is 0.306 e. The van der Waals surface area contributed by atoms with Crippen molar-refractivity contribution < 1.29 is 9.53 Å².